The average molecular weight is 388 g/mol. The van der Waals surface area contributed by atoms with Crippen molar-refractivity contribution in [3.05, 3.63) is 53.5 Å². The quantitative estimate of drug-likeness (QED) is 0.600. The van der Waals surface area contributed by atoms with Gasteiger partial charge in [-0.15, -0.1) is 0 Å². The van der Waals surface area contributed by atoms with Crippen LogP contribution in [0.4, 0.5) is 0 Å². The highest BCUT2D eigenvalue weighted by Crippen LogP contribution is 2.21. The Morgan fingerprint density at radius 3 is 2.78 bits per heavy atom. The van der Waals surface area contributed by atoms with Crippen LogP contribution in [0.2, 0.25) is 0 Å². The van der Waals surface area contributed by atoms with Crippen LogP contribution in [0.25, 0.3) is 5.65 Å². The summed E-state index contributed by atoms with van der Waals surface area (Å²) in [5, 5.41) is 4.34. The summed E-state index contributed by atoms with van der Waals surface area (Å²) in [5.74, 6) is 0.702. The predicted octanol–water partition coefficient (Wildman–Crippen LogP) is 2.66. The lowest BCUT2D eigenvalue weighted by molar-refractivity contribution is 0.337. The van der Waals surface area contributed by atoms with E-state index in [4.69, 9.17) is 4.74 Å². The summed E-state index contributed by atoms with van der Waals surface area (Å²) in [5.41, 5.74) is 3.54. The van der Waals surface area contributed by atoms with Crippen molar-refractivity contribution in [1.29, 1.82) is 0 Å². The summed E-state index contributed by atoms with van der Waals surface area (Å²) >= 11 is 0. The van der Waals surface area contributed by atoms with E-state index in [0.29, 0.717) is 31.7 Å². The number of nitrogens with zero attached hydrogens (tertiary/aromatic N) is 3. The van der Waals surface area contributed by atoms with Crippen LogP contribution in [0.3, 0.4) is 0 Å². The van der Waals surface area contributed by atoms with E-state index >= 15 is 0 Å². The van der Waals surface area contributed by atoms with Gasteiger partial charge in [-0.2, -0.15) is 5.10 Å². The van der Waals surface area contributed by atoms with Gasteiger partial charge in [-0.3, -0.25) is 0 Å². The maximum absolute atomic E-state index is 12.5. The molecular formula is C19H24N4O3S. The van der Waals surface area contributed by atoms with Crippen molar-refractivity contribution < 1.29 is 13.2 Å². The molecule has 0 fully saturated rings. The second-order valence-corrected chi connectivity index (χ2v) is 8.18. The molecule has 1 N–H and O–H groups in total. The van der Waals surface area contributed by atoms with Crippen LogP contribution in [0.5, 0.6) is 5.75 Å². The van der Waals surface area contributed by atoms with Crippen LogP contribution < -0.4 is 9.46 Å². The maximum Gasteiger partial charge on any atom is 0.240 e. The topological polar surface area (TPSA) is 85.6 Å². The first-order chi connectivity index (χ1) is 12.9. The number of aryl methyl sites for hydroxylation is 3. The standard InChI is InChI=1S/C19H24N4O3S/c1-4-26-18-8-7-17(10-14(18)2)27(24,25)21-9-5-6-16-12-20-19-11-15(3)22-23(19)13-16/h7-8,10-13,21H,4-6,9H2,1-3H3. The zero-order valence-corrected chi connectivity index (χ0v) is 16.6. The van der Waals surface area contributed by atoms with Crippen LogP contribution in [0, 0.1) is 13.8 Å². The molecule has 0 bridgehead atoms. The Balaban J connectivity index is 1.57. The molecule has 0 radical (unpaired) electrons. The van der Waals surface area contributed by atoms with Crippen LogP contribution in [-0.4, -0.2) is 36.2 Å². The first-order valence-corrected chi connectivity index (χ1v) is 10.4. The van der Waals surface area contributed by atoms with Crippen LogP contribution >= 0.6 is 0 Å². The summed E-state index contributed by atoms with van der Waals surface area (Å²) in [7, 11) is -3.54. The zero-order chi connectivity index (χ0) is 19.4. The van der Waals surface area contributed by atoms with Gasteiger partial charge in [0.2, 0.25) is 10.0 Å². The molecule has 0 amide bonds. The molecule has 0 unspecified atom stereocenters. The number of benzene rings is 1. The highest BCUT2D eigenvalue weighted by Gasteiger charge is 2.15. The molecule has 3 aromatic rings. The van der Waals surface area contributed by atoms with Crippen LogP contribution in [0.15, 0.2) is 41.6 Å². The molecule has 7 nitrogen and oxygen atoms in total. The second-order valence-electron chi connectivity index (χ2n) is 6.41. The van der Waals surface area contributed by atoms with Gasteiger partial charge in [0.15, 0.2) is 5.65 Å². The lowest BCUT2D eigenvalue weighted by Gasteiger charge is -2.10. The van der Waals surface area contributed by atoms with Crippen molar-refractivity contribution in [2.24, 2.45) is 0 Å². The maximum atomic E-state index is 12.5. The number of hydrogen-bond donors (Lipinski definition) is 1. The fraction of sp³-hybridized carbons (Fsp3) is 0.368. The number of sulfonamides is 1. The highest BCUT2D eigenvalue weighted by molar-refractivity contribution is 7.89. The Kier molecular flexibility index (Phi) is 5.76. The minimum atomic E-state index is -3.54. The van der Waals surface area contributed by atoms with Crippen molar-refractivity contribution in [2.75, 3.05) is 13.2 Å². The Morgan fingerprint density at radius 2 is 2.04 bits per heavy atom. The van der Waals surface area contributed by atoms with Gasteiger partial charge < -0.3 is 4.74 Å². The van der Waals surface area contributed by atoms with Gasteiger partial charge in [0.25, 0.3) is 0 Å². The molecule has 144 valence electrons. The Morgan fingerprint density at radius 1 is 1.22 bits per heavy atom. The van der Waals surface area contributed by atoms with Gasteiger partial charge in [0.05, 0.1) is 17.2 Å². The average Bonchev–Trinajstić information content (AvgIpc) is 3.00. The van der Waals surface area contributed by atoms with Crippen molar-refractivity contribution in [2.45, 2.75) is 38.5 Å². The second kappa shape index (κ2) is 8.06. The molecule has 0 atom stereocenters. The molecule has 0 saturated carbocycles. The van der Waals surface area contributed by atoms with Gasteiger partial charge in [-0.25, -0.2) is 22.6 Å². The number of fused-ring (bicyclic) bond motifs is 1. The Hall–Kier alpha value is -2.45. The summed E-state index contributed by atoms with van der Waals surface area (Å²) in [6, 6.07) is 6.81. The molecule has 27 heavy (non-hydrogen) atoms. The lowest BCUT2D eigenvalue weighted by Crippen LogP contribution is -2.25. The smallest absolute Gasteiger partial charge is 0.240 e. The molecule has 0 saturated heterocycles. The van der Waals surface area contributed by atoms with Crippen molar-refractivity contribution in [3.8, 4) is 5.75 Å². The normalized spacial score (nSPS) is 11.8. The third kappa shape index (κ3) is 4.64. The van der Waals surface area contributed by atoms with Crippen molar-refractivity contribution in [1.82, 2.24) is 19.3 Å². The third-order valence-electron chi connectivity index (χ3n) is 4.18. The minimum Gasteiger partial charge on any atom is -0.494 e. The molecule has 0 aliphatic rings. The molecule has 3 rings (SSSR count). The van der Waals surface area contributed by atoms with E-state index in [0.717, 1.165) is 22.5 Å². The summed E-state index contributed by atoms with van der Waals surface area (Å²) in [6.07, 6.45) is 5.12. The van der Waals surface area contributed by atoms with Crippen molar-refractivity contribution in [3.63, 3.8) is 0 Å². The largest absolute Gasteiger partial charge is 0.494 e. The number of hydrogen-bond acceptors (Lipinski definition) is 5. The lowest BCUT2D eigenvalue weighted by atomic mass is 10.2. The number of ether oxygens (including phenoxy) is 1. The van der Waals surface area contributed by atoms with E-state index in [1.54, 1.807) is 28.9 Å². The Bertz CT molecular complexity index is 1040. The van der Waals surface area contributed by atoms with Crippen LogP contribution in [0.1, 0.15) is 30.2 Å². The molecule has 1 aromatic carbocycles. The molecule has 8 heteroatoms. The molecule has 0 spiro atoms. The van der Waals surface area contributed by atoms with E-state index in [-0.39, 0.29) is 4.90 Å². The summed E-state index contributed by atoms with van der Waals surface area (Å²) < 4.78 is 34.8. The fourth-order valence-electron chi connectivity index (χ4n) is 2.85. The highest BCUT2D eigenvalue weighted by atomic mass is 32.2. The van der Waals surface area contributed by atoms with E-state index in [1.807, 2.05) is 33.0 Å². The minimum absolute atomic E-state index is 0.249. The molecular weight excluding hydrogens is 364 g/mol. The van der Waals surface area contributed by atoms with Gasteiger partial charge >= 0.3 is 0 Å². The van der Waals surface area contributed by atoms with Gasteiger partial charge in [0.1, 0.15) is 5.75 Å². The van der Waals surface area contributed by atoms with E-state index < -0.39 is 10.0 Å². The van der Waals surface area contributed by atoms with Crippen molar-refractivity contribution >= 4 is 15.7 Å². The van der Waals surface area contributed by atoms with Gasteiger partial charge in [-0.05, 0) is 62.9 Å². The predicted molar refractivity (Wildman–Crippen MR) is 104 cm³/mol. The molecule has 0 aliphatic carbocycles. The van der Waals surface area contributed by atoms with Gasteiger partial charge in [0, 0.05) is 25.0 Å². The Labute approximate surface area is 159 Å². The zero-order valence-electron chi connectivity index (χ0n) is 15.8. The molecule has 2 aromatic heterocycles. The fourth-order valence-corrected chi connectivity index (χ4v) is 4.01. The first kappa shape index (κ1) is 19.3. The van der Waals surface area contributed by atoms with E-state index in [9.17, 15) is 8.42 Å². The van der Waals surface area contributed by atoms with Crippen LogP contribution in [-0.2, 0) is 16.4 Å². The van der Waals surface area contributed by atoms with Gasteiger partial charge in [-0.1, -0.05) is 0 Å². The molecule has 2 heterocycles. The summed E-state index contributed by atoms with van der Waals surface area (Å²) in [4.78, 5) is 4.61. The SMILES string of the molecule is CCOc1ccc(S(=O)(=O)NCCCc2cnc3cc(C)nn3c2)cc1C. The third-order valence-corrected chi connectivity index (χ3v) is 5.64. The summed E-state index contributed by atoms with van der Waals surface area (Å²) in [6.45, 7) is 6.55. The van der Waals surface area contributed by atoms with E-state index in [2.05, 4.69) is 14.8 Å². The van der Waals surface area contributed by atoms with E-state index in [1.165, 1.54) is 0 Å². The first-order valence-electron chi connectivity index (χ1n) is 8.93. The monoisotopic (exact) mass is 388 g/mol. The number of aromatic nitrogens is 3. The molecule has 0 aliphatic heterocycles. The number of nitrogens with one attached hydrogen (secondary N) is 1. The number of rotatable bonds is 8.